The normalized spacial score (nSPS) is 18.2. The fraction of sp³-hybridized carbons (Fsp3) is 0.500. The number of hydrogen-bond donors (Lipinski definition) is 1. The predicted molar refractivity (Wildman–Crippen MR) is 78.9 cm³/mol. The molecule has 0 amide bonds. The van der Waals surface area contributed by atoms with Crippen molar-refractivity contribution in [1.29, 1.82) is 0 Å². The summed E-state index contributed by atoms with van der Waals surface area (Å²) in [6.45, 7) is 0.443. The summed E-state index contributed by atoms with van der Waals surface area (Å²) in [6, 6.07) is 10.4. The average molecular weight is 287 g/mol. The maximum absolute atomic E-state index is 5.64. The van der Waals surface area contributed by atoms with E-state index in [4.69, 9.17) is 15.0 Å². The van der Waals surface area contributed by atoms with Gasteiger partial charge in [0.2, 0.25) is 5.89 Å². The minimum Gasteiger partial charge on any atom is -0.380 e. The van der Waals surface area contributed by atoms with E-state index in [-0.39, 0.29) is 11.5 Å². The lowest BCUT2D eigenvalue weighted by atomic mass is 9.64. The molecule has 0 spiro atoms. The Morgan fingerprint density at radius 1 is 1.33 bits per heavy atom. The molecule has 0 aliphatic heterocycles. The number of ether oxygens (including phenoxy) is 1. The first-order valence-electron chi connectivity index (χ1n) is 7.40. The van der Waals surface area contributed by atoms with Crippen LogP contribution in [0.2, 0.25) is 0 Å². The lowest BCUT2D eigenvalue weighted by molar-refractivity contribution is 0.102. The zero-order valence-electron chi connectivity index (χ0n) is 12.3. The standard InChI is InChI=1S/C16H21N3O2/c1-20-13(11-17)10-14-18-15(19-21-14)16(8-5-9-16)12-6-3-2-4-7-12/h2-4,6-7,13H,5,8-11,17H2,1H3. The van der Waals surface area contributed by atoms with Gasteiger partial charge in [0, 0.05) is 13.7 Å². The number of rotatable bonds is 6. The average Bonchev–Trinajstić information content (AvgIpc) is 2.93. The first-order chi connectivity index (χ1) is 10.3. The van der Waals surface area contributed by atoms with Crippen molar-refractivity contribution in [1.82, 2.24) is 10.1 Å². The quantitative estimate of drug-likeness (QED) is 0.880. The molecule has 1 unspecified atom stereocenters. The Morgan fingerprint density at radius 2 is 2.10 bits per heavy atom. The maximum Gasteiger partial charge on any atom is 0.229 e. The lowest BCUT2D eigenvalue weighted by Crippen LogP contribution is -2.36. The highest BCUT2D eigenvalue weighted by Crippen LogP contribution is 2.47. The van der Waals surface area contributed by atoms with Crippen molar-refractivity contribution in [2.45, 2.75) is 37.2 Å². The molecule has 1 aromatic carbocycles. The monoisotopic (exact) mass is 287 g/mol. The molecule has 1 atom stereocenters. The molecule has 1 aliphatic rings. The van der Waals surface area contributed by atoms with Gasteiger partial charge in [0.1, 0.15) is 0 Å². The molecule has 2 N–H and O–H groups in total. The van der Waals surface area contributed by atoms with Crippen LogP contribution in [0, 0.1) is 0 Å². The second-order valence-electron chi connectivity index (χ2n) is 5.61. The minimum absolute atomic E-state index is 0.0751. The van der Waals surface area contributed by atoms with Crippen molar-refractivity contribution in [3.63, 3.8) is 0 Å². The summed E-state index contributed by atoms with van der Waals surface area (Å²) in [7, 11) is 1.65. The number of hydrogen-bond acceptors (Lipinski definition) is 5. The topological polar surface area (TPSA) is 74.2 Å². The molecule has 3 rings (SSSR count). The number of aromatic nitrogens is 2. The molecular weight excluding hydrogens is 266 g/mol. The number of methoxy groups -OCH3 is 1. The van der Waals surface area contributed by atoms with Crippen LogP contribution in [0.15, 0.2) is 34.9 Å². The van der Waals surface area contributed by atoms with Gasteiger partial charge in [0.15, 0.2) is 5.82 Å². The van der Waals surface area contributed by atoms with E-state index in [0.29, 0.717) is 18.9 Å². The largest absolute Gasteiger partial charge is 0.380 e. The summed E-state index contributed by atoms with van der Waals surface area (Å²) < 4.78 is 10.7. The molecule has 2 aromatic rings. The van der Waals surface area contributed by atoms with Gasteiger partial charge in [-0.05, 0) is 18.4 Å². The van der Waals surface area contributed by atoms with E-state index < -0.39 is 0 Å². The SMILES string of the molecule is COC(CN)Cc1nc(C2(c3ccccc3)CCC2)no1. The van der Waals surface area contributed by atoms with Crippen molar-refractivity contribution < 1.29 is 9.26 Å². The van der Waals surface area contributed by atoms with Gasteiger partial charge in [0.05, 0.1) is 17.9 Å². The van der Waals surface area contributed by atoms with Gasteiger partial charge in [-0.15, -0.1) is 0 Å². The van der Waals surface area contributed by atoms with Crippen LogP contribution in [0.1, 0.15) is 36.5 Å². The van der Waals surface area contributed by atoms with E-state index in [1.165, 1.54) is 12.0 Å². The van der Waals surface area contributed by atoms with Gasteiger partial charge in [-0.2, -0.15) is 4.98 Å². The third-order valence-electron chi connectivity index (χ3n) is 4.43. The minimum atomic E-state index is -0.0765. The Kier molecular flexibility index (Phi) is 4.03. The smallest absolute Gasteiger partial charge is 0.229 e. The Balaban J connectivity index is 1.84. The zero-order chi connectivity index (χ0) is 14.7. The molecule has 1 saturated carbocycles. The summed E-state index contributed by atoms with van der Waals surface area (Å²) >= 11 is 0. The molecule has 1 heterocycles. The van der Waals surface area contributed by atoms with E-state index in [1.54, 1.807) is 7.11 Å². The Hall–Kier alpha value is -1.72. The van der Waals surface area contributed by atoms with Gasteiger partial charge in [0.25, 0.3) is 0 Å². The molecule has 1 aliphatic carbocycles. The second-order valence-corrected chi connectivity index (χ2v) is 5.61. The molecular formula is C16H21N3O2. The molecule has 0 radical (unpaired) electrons. The summed E-state index contributed by atoms with van der Waals surface area (Å²) in [6.07, 6.45) is 3.82. The first kappa shape index (κ1) is 14.2. The van der Waals surface area contributed by atoms with Crippen LogP contribution in [0.4, 0.5) is 0 Å². The van der Waals surface area contributed by atoms with Crippen LogP contribution in [-0.4, -0.2) is 29.9 Å². The van der Waals surface area contributed by atoms with Crippen molar-refractivity contribution >= 4 is 0 Å². The van der Waals surface area contributed by atoms with E-state index in [2.05, 4.69) is 34.4 Å². The van der Waals surface area contributed by atoms with E-state index >= 15 is 0 Å². The number of nitrogens with zero attached hydrogens (tertiary/aromatic N) is 2. The number of nitrogens with two attached hydrogens (primary N) is 1. The van der Waals surface area contributed by atoms with Crippen molar-refractivity contribution in [2.75, 3.05) is 13.7 Å². The molecule has 0 bridgehead atoms. The predicted octanol–water partition coefficient (Wildman–Crippen LogP) is 2.06. The molecule has 112 valence electrons. The molecule has 5 nitrogen and oxygen atoms in total. The second kappa shape index (κ2) is 5.95. The van der Waals surface area contributed by atoms with Crippen LogP contribution in [0.3, 0.4) is 0 Å². The lowest BCUT2D eigenvalue weighted by Gasteiger charge is -2.39. The van der Waals surface area contributed by atoms with E-state index in [1.807, 2.05) is 6.07 Å². The van der Waals surface area contributed by atoms with Gasteiger partial charge >= 0.3 is 0 Å². The van der Waals surface area contributed by atoms with E-state index in [9.17, 15) is 0 Å². The van der Waals surface area contributed by atoms with Gasteiger partial charge in [-0.25, -0.2) is 0 Å². The summed E-state index contributed by atoms with van der Waals surface area (Å²) in [5, 5.41) is 4.23. The summed E-state index contributed by atoms with van der Waals surface area (Å²) in [5.41, 5.74) is 6.83. The number of benzene rings is 1. The highest BCUT2D eigenvalue weighted by atomic mass is 16.5. The third kappa shape index (κ3) is 2.59. The van der Waals surface area contributed by atoms with Crippen LogP contribution in [0.25, 0.3) is 0 Å². The van der Waals surface area contributed by atoms with E-state index in [0.717, 1.165) is 18.7 Å². The molecule has 5 heteroatoms. The van der Waals surface area contributed by atoms with Crippen LogP contribution in [-0.2, 0) is 16.6 Å². The van der Waals surface area contributed by atoms with Gasteiger partial charge in [-0.3, -0.25) is 0 Å². The van der Waals surface area contributed by atoms with Crippen molar-refractivity contribution in [3.8, 4) is 0 Å². The Bertz CT molecular complexity index is 574. The molecule has 1 fully saturated rings. The van der Waals surface area contributed by atoms with Crippen molar-refractivity contribution in [3.05, 3.63) is 47.6 Å². The molecule has 21 heavy (non-hydrogen) atoms. The highest BCUT2D eigenvalue weighted by molar-refractivity contribution is 5.35. The molecule has 1 aromatic heterocycles. The summed E-state index contributed by atoms with van der Waals surface area (Å²) in [4.78, 5) is 4.60. The zero-order valence-corrected chi connectivity index (χ0v) is 12.3. The van der Waals surface area contributed by atoms with Crippen LogP contribution < -0.4 is 5.73 Å². The van der Waals surface area contributed by atoms with Crippen LogP contribution >= 0.6 is 0 Å². The Morgan fingerprint density at radius 3 is 2.67 bits per heavy atom. The third-order valence-corrected chi connectivity index (χ3v) is 4.43. The fourth-order valence-corrected chi connectivity index (χ4v) is 2.92. The fourth-order valence-electron chi connectivity index (χ4n) is 2.92. The van der Waals surface area contributed by atoms with Crippen molar-refractivity contribution in [2.24, 2.45) is 5.73 Å². The maximum atomic E-state index is 5.64. The van der Waals surface area contributed by atoms with Gasteiger partial charge in [-0.1, -0.05) is 41.9 Å². The Labute approximate surface area is 124 Å². The first-order valence-corrected chi connectivity index (χ1v) is 7.40. The van der Waals surface area contributed by atoms with Crippen LogP contribution in [0.5, 0.6) is 0 Å². The summed E-state index contributed by atoms with van der Waals surface area (Å²) in [5.74, 6) is 1.39. The molecule has 0 saturated heterocycles. The van der Waals surface area contributed by atoms with Gasteiger partial charge < -0.3 is 15.0 Å². The highest BCUT2D eigenvalue weighted by Gasteiger charge is 2.44.